The van der Waals surface area contributed by atoms with Gasteiger partial charge < -0.3 is 9.84 Å². The van der Waals surface area contributed by atoms with Crippen molar-refractivity contribution in [2.75, 3.05) is 12.2 Å². The molecule has 1 N–H and O–H groups in total. The lowest BCUT2D eigenvalue weighted by Gasteiger charge is -2.19. The molecule has 0 atom stereocenters. The summed E-state index contributed by atoms with van der Waals surface area (Å²) < 4.78 is 49.4. The number of carboxylic acids is 1. The summed E-state index contributed by atoms with van der Waals surface area (Å²) in [4.78, 5) is 14.8. The molecule has 0 saturated carbocycles. The monoisotopic (exact) mass is 374 g/mol. The minimum atomic E-state index is -1.49. The van der Waals surface area contributed by atoms with Crippen LogP contribution in [0.15, 0.2) is 54.7 Å². The number of methoxy groups -OCH3 is 1. The van der Waals surface area contributed by atoms with Crippen molar-refractivity contribution in [1.82, 2.24) is 4.98 Å². The van der Waals surface area contributed by atoms with Crippen LogP contribution in [0.3, 0.4) is 0 Å². The maximum absolute atomic E-state index is 14.9. The van der Waals surface area contributed by atoms with E-state index >= 15 is 0 Å². The van der Waals surface area contributed by atoms with Crippen molar-refractivity contribution in [3.05, 3.63) is 71.9 Å². The molecule has 0 bridgehead atoms. The van der Waals surface area contributed by atoms with Crippen molar-refractivity contribution in [1.29, 1.82) is 0 Å². The Morgan fingerprint density at radius 3 is 2.48 bits per heavy atom. The normalized spacial score (nSPS) is 10.5. The van der Waals surface area contributed by atoms with Gasteiger partial charge in [-0.25, -0.2) is 18.6 Å². The maximum atomic E-state index is 14.9. The van der Waals surface area contributed by atoms with Gasteiger partial charge in [0.05, 0.1) is 7.11 Å². The highest BCUT2D eigenvalue weighted by Crippen LogP contribution is 2.41. The number of ether oxygens (including phenoxy) is 1. The smallest absolute Gasteiger partial charge is 0.339 e. The van der Waals surface area contributed by atoms with E-state index in [-0.39, 0.29) is 11.3 Å². The molecule has 0 aliphatic heterocycles. The molecule has 5 nitrogen and oxygen atoms in total. The number of rotatable bonds is 5. The zero-order valence-electron chi connectivity index (χ0n) is 14.0. The van der Waals surface area contributed by atoms with Gasteiger partial charge in [0, 0.05) is 11.8 Å². The van der Waals surface area contributed by atoms with Crippen LogP contribution in [0.4, 0.5) is 24.8 Å². The third-order valence-electron chi connectivity index (χ3n) is 3.84. The fourth-order valence-corrected chi connectivity index (χ4v) is 2.63. The second-order valence-corrected chi connectivity index (χ2v) is 5.43. The molecule has 0 aliphatic carbocycles. The second-order valence-electron chi connectivity index (χ2n) is 5.43. The molecule has 0 amide bonds. The van der Waals surface area contributed by atoms with E-state index in [4.69, 9.17) is 9.84 Å². The Balaban J connectivity index is 2.19. The average Bonchev–Trinajstić information content (AvgIpc) is 2.68. The number of aromatic carboxylic acids is 1. The third kappa shape index (κ3) is 3.29. The molecule has 0 aliphatic rings. The molecule has 3 aromatic rings. The topological polar surface area (TPSA) is 62.7 Å². The van der Waals surface area contributed by atoms with E-state index in [2.05, 4.69) is 4.98 Å². The molecule has 3 rings (SSSR count). The van der Waals surface area contributed by atoms with E-state index in [1.54, 1.807) is 30.3 Å². The van der Waals surface area contributed by atoms with E-state index in [1.807, 2.05) is 0 Å². The summed E-state index contributed by atoms with van der Waals surface area (Å²) in [5.74, 6) is -5.18. The molecule has 1 aromatic heterocycles. The van der Waals surface area contributed by atoms with Crippen LogP contribution in [0.5, 0.6) is 5.75 Å². The van der Waals surface area contributed by atoms with Gasteiger partial charge in [0.25, 0.3) is 0 Å². The van der Waals surface area contributed by atoms with E-state index in [0.717, 1.165) is 18.3 Å². The van der Waals surface area contributed by atoms with Crippen LogP contribution in [0, 0.1) is 11.6 Å². The summed E-state index contributed by atoms with van der Waals surface area (Å²) in [6.07, 6.45) is 1.11. The number of carboxylic acid groups (broad SMARTS) is 1. The lowest BCUT2D eigenvalue weighted by molar-refractivity contribution is 0.0696. The predicted octanol–water partition coefficient (Wildman–Crippen LogP) is 4.76. The molecule has 0 saturated heterocycles. The minimum Gasteiger partial charge on any atom is -0.493 e. The molecule has 27 heavy (non-hydrogen) atoms. The van der Waals surface area contributed by atoms with Gasteiger partial charge in [0.15, 0.2) is 28.9 Å². The van der Waals surface area contributed by atoms with Crippen molar-refractivity contribution in [2.24, 2.45) is 0 Å². The Bertz CT molecular complexity index is 997. The summed E-state index contributed by atoms with van der Waals surface area (Å²) in [5, 5.41) is 8.71. The van der Waals surface area contributed by atoms with Crippen LogP contribution in [-0.2, 0) is 0 Å². The van der Waals surface area contributed by atoms with Crippen molar-refractivity contribution >= 4 is 17.5 Å². The molecule has 2 aromatic carbocycles. The Kier molecular flexibility index (Phi) is 4.98. The number of pyridine rings is 1. The standard InChI is InChI=1S/C19H13F3N2O3/c1-27-17-13(11-6-3-2-4-7-11)10-14(20)16(15(17)21)24(22)18-12(19(25)26)8-5-9-23-18/h2-10H,1H3,(H,25,26). The minimum absolute atomic E-state index is 0.0877. The molecule has 0 fully saturated rings. The highest BCUT2D eigenvalue weighted by molar-refractivity contribution is 5.94. The van der Waals surface area contributed by atoms with Gasteiger partial charge in [-0.15, -0.1) is 0 Å². The van der Waals surface area contributed by atoms with Crippen molar-refractivity contribution in [3.8, 4) is 16.9 Å². The number of anilines is 2. The molecule has 8 heteroatoms. The van der Waals surface area contributed by atoms with Crippen LogP contribution >= 0.6 is 0 Å². The first-order chi connectivity index (χ1) is 13.0. The molecule has 0 radical (unpaired) electrons. The van der Waals surface area contributed by atoms with E-state index in [0.29, 0.717) is 5.56 Å². The second kappa shape index (κ2) is 7.36. The van der Waals surface area contributed by atoms with Crippen LogP contribution in [0.25, 0.3) is 11.1 Å². The van der Waals surface area contributed by atoms with Crippen molar-refractivity contribution < 1.29 is 27.9 Å². The van der Waals surface area contributed by atoms with Gasteiger partial charge in [-0.3, -0.25) is 0 Å². The summed E-state index contributed by atoms with van der Waals surface area (Å²) >= 11 is 0. The first-order valence-electron chi connectivity index (χ1n) is 7.71. The maximum Gasteiger partial charge on any atom is 0.339 e. The summed E-state index contributed by atoms with van der Waals surface area (Å²) in [5.41, 5.74) is -1.12. The van der Waals surface area contributed by atoms with Crippen LogP contribution in [0.1, 0.15) is 10.4 Å². The largest absolute Gasteiger partial charge is 0.493 e. The Morgan fingerprint density at radius 2 is 1.85 bits per heavy atom. The highest BCUT2D eigenvalue weighted by atomic mass is 19.2. The Hall–Kier alpha value is -3.55. The Labute approximate surface area is 152 Å². The summed E-state index contributed by atoms with van der Waals surface area (Å²) in [7, 11) is 1.17. The lowest BCUT2D eigenvalue weighted by Crippen LogP contribution is -2.15. The van der Waals surface area contributed by atoms with E-state index in [1.165, 1.54) is 13.2 Å². The number of benzene rings is 2. The first-order valence-corrected chi connectivity index (χ1v) is 7.71. The highest BCUT2D eigenvalue weighted by Gasteiger charge is 2.29. The molecular formula is C19H13F3N2O3. The van der Waals surface area contributed by atoms with Gasteiger partial charge in [0.1, 0.15) is 5.56 Å². The number of hydrogen-bond acceptors (Lipinski definition) is 4. The molecule has 0 unspecified atom stereocenters. The fourth-order valence-electron chi connectivity index (χ4n) is 2.63. The van der Waals surface area contributed by atoms with E-state index < -0.39 is 39.8 Å². The number of carbonyl (C=O) groups is 1. The number of aromatic nitrogens is 1. The average molecular weight is 374 g/mol. The molecule has 1 heterocycles. The molecule has 0 spiro atoms. The predicted molar refractivity (Wildman–Crippen MR) is 92.8 cm³/mol. The lowest BCUT2D eigenvalue weighted by atomic mass is 10.0. The fraction of sp³-hybridized carbons (Fsp3) is 0.0526. The van der Waals surface area contributed by atoms with E-state index in [9.17, 15) is 18.1 Å². The van der Waals surface area contributed by atoms with Gasteiger partial charge in [-0.1, -0.05) is 34.8 Å². The summed E-state index contributed by atoms with van der Waals surface area (Å²) in [6, 6.07) is 11.6. The van der Waals surface area contributed by atoms with Crippen molar-refractivity contribution in [3.63, 3.8) is 0 Å². The van der Waals surface area contributed by atoms with Gasteiger partial charge >= 0.3 is 5.97 Å². The molecular weight excluding hydrogens is 361 g/mol. The number of hydrogen-bond donors (Lipinski definition) is 1. The zero-order chi connectivity index (χ0) is 19.6. The Morgan fingerprint density at radius 1 is 1.15 bits per heavy atom. The first kappa shape index (κ1) is 18.2. The summed E-state index contributed by atoms with van der Waals surface area (Å²) in [6.45, 7) is 0. The van der Waals surface area contributed by atoms with Crippen LogP contribution < -0.4 is 9.86 Å². The number of halogens is 3. The molecule has 138 valence electrons. The number of nitrogens with zero attached hydrogens (tertiary/aromatic N) is 2. The quantitative estimate of drug-likeness (QED) is 0.653. The van der Waals surface area contributed by atoms with Gasteiger partial charge in [0.2, 0.25) is 0 Å². The zero-order valence-corrected chi connectivity index (χ0v) is 14.0. The third-order valence-corrected chi connectivity index (χ3v) is 3.84. The SMILES string of the molecule is COc1c(-c2ccccc2)cc(F)c(N(F)c2ncccc2C(=O)O)c1F. The van der Waals surface area contributed by atoms with Gasteiger partial charge in [-0.05, 0) is 23.8 Å². The van der Waals surface area contributed by atoms with Crippen molar-refractivity contribution in [2.45, 2.75) is 0 Å². The van der Waals surface area contributed by atoms with Crippen LogP contribution in [0.2, 0.25) is 0 Å². The van der Waals surface area contributed by atoms with Crippen LogP contribution in [-0.4, -0.2) is 23.2 Å². The van der Waals surface area contributed by atoms with Gasteiger partial charge in [-0.2, -0.15) is 5.12 Å².